The van der Waals surface area contributed by atoms with Gasteiger partial charge in [-0.3, -0.25) is 4.68 Å². The first-order valence-electron chi connectivity index (χ1n) is 3.89. The molecule has 0 saturated heterocycles. The average molecular weight is 183 g/mol. The molecule has 5 nitrogen and oxygen atoms in total. The second kappa shape index (κ2) is 3.57. The van der Waals surface area contributed by atoms with Gasteiger partial charge in [0, 0.05) is 13.2 Å². The van der Waals surface area contributed by atoms with Gasteiger partial charge in [-0.25, -0.2) is 4.79 Å². The van der Waals surface area contributed by atoms with Crippen molar-refractivity contribution in [2.24, 2.45) is 12.8 Å². The molecule has 0 fully saturated rings. The fourth-order valence-electron chi connectivity index (χ4n) is 1.17. The van der Waals surface area contributed by atoms with Crippen LogP contribution in [0.1, 0.15) is 17.3 Å². The molecule has 0 spiro atoms. The van der Waals surface area contributed by atoms with E-state index in [0.717, 1.165) is 5.56 Å². The van der Waals surface area contributed by atoms with Crippen molar-refractivity contribution < 1.29 is 9.53 Å². The lowest BCUT2D eigenvalue weighted by atomic mass is 10.1. The Morgan fingerprint density at radius 1 is 1.77 bits per heavy atom. The Morgan fingerprint density at radius 3 is 2.77 bits per heavy atom. The molecule has 72 valence electrons. The minimum absolute atomic E-state index is 0.471. The van der Waals surface area contributed by atoms with Crippen molar-refractivity contribution in [2.75, 3.05) is 7.11 Å². The van der Waals surface area contributed by atoms with E-state index < -0.39 is 12.0 Å². The maximum Gasteiger partial charge on any atom is 0.329 e. The number of hydrogen-bond acceptors (Lipinski definition) is 4. The van der Waals surface area contributed by atoms with Crippen LogP contribution in [-0.4, -0.2) is 22.9 Å². The number of ether oxygens (including phenoxy) is 1. The number of esters is 1. The van der Waals surface area contributed by atoms with E-state index in [1.165, 1.54) is 7.11 Å². The van der Waals surface area contributed by atoms with Crippen LogP contribution in [-0.2, 0) is 16.6 Å². The molecule has 1 atom stereocenters. The van der Waals surface area contributed by atoms with Gasteiger partial charge in [-0.05, 0) is 12.5 Å². The molecule has 2 N–H and O–H groups in total. The third-order valence-corrected chi connectivity index (χ3v) is 1.80. The van der Waals surface area contributed by atoms with E-state index in [-0.39, 0.29) is 0 Å². The zero-order valence-corrected chi connectivity index (χ0v) is 7.94. The lowest BCUT2D eigenvalue weighted by Gasteiger charge is -2.06. The zero-order chi connectivity index (χ0) is 10.0. The van der Waals surface area contributed by atoms with Gasteiger partial charge in [0.25, 0.3) is 0 Å². The molecule has 0 saturated carbocycles. The first-order valence-corrected chi connectivity index (χ1v) is 3.89. The van der Waals surface area contributed by atoms with Crippen molar-refractivity contribution in [1.29, 1.82) is 0 Å². The Morgan fingerprint density at radius 2 is 2.38 bits per heavy atom. The Hall–Kier alpha value is -1.36. The Bertz CT molecular complexity index is 319. The normalized spacial score (nSPS) is 12.6. The summed E-state index contributed by atoms with van der Waals surface area (Å²) in [4.78, 5) is 11.1. The molecule has 1 heterocycles. The van der Waals surface area contributed by atoms with E-state index in [1.807, 2.05) is 6.92 Å². The summed E-state index contributed by atoms with van der Waals surface area (Å²) in [6, 6.07) is -0.786. The molecule has 0 bridgehead atoms. The van der Waals surface area contributed by atoms with E-state index in [9.17, 15) is 4.79 Å². The van der Waals surface area contributed by atoms with E-state index >= 15 is 0 Å². The molecule has 0 aliphatic rings. The minimum atomic E-state index is -0.786. The predicted octanol–water partition coefficient (Wildman–Crippen LogP) is -0.0987. The highest BCUT2D eigenvalue weighted by molar-refractivity contribution is 5.76. The quantitative estimate of drug-likeness (QED) is 0.650. The molecule has 1 rings (SSSR count). The van der Waals surface area contributed by atoms with Gasteiger partial charge in [-0.15, -0.1) is 0 Å². The van der Waals surface area contributed by atoms with E-state index in [0.29, 0.717) is 5.69 Å². The Kier molecular flexibility index (Phi) is 2.67. The van der Waals surface area contributed by atoms with E-state index in [2.05, 4.69) is 9.84 Å². The summed E-state index contributed by atoms with van der Waals surface area (Å²) in [6.07, 6.45) is 1.80. The van der Waals surface area contributed by atoms with Gasteiger partial charge in [0.05, 0.1) is 12.8 Å². The van der Waals surface area contributed by atoms with Crippen LogP contribution in [0.5, 0.6) is 0 Å². The summed E-state index contributed by atoms with van der Waals surface area (Å²) >= 11 is 0. The third kappa shape index (κ3) is 1.86. The summed E-state index contributed by atoms with van der Waals surface area (Å²) in [5, 5.41) is 4.07. The van der Waals surface area contributed by atoms with Crippen molar-refractivity contribution in [1.82, 2.24) is 9.78 Å². The third-order valence-electron chi connectivity index (χ3n) is 1.80. The molecule has 0 aliphatic carbocycles. The van der Waals surface area contributed by atoms with Crippen LogP contribution in [0.3, 0.4) is 0 Å². The molecule has 13 heavy (non-hydrogen) atoms. The summed E-state index contributed by atoms with van der Waals surface area (Å²) in [5.41, 5.74) is 7.07. The summed E-state index contributed by atoms with van der Waals surface area (Å²) in [5.74, 6) is -0.471. The van der Waals surface area contributed by atoms with Crippen LogP contribution < -0.4 is 5.73 Å². The number of aromatic nitrogens is 2. The predicted molar refractivity (Wildman–Crippen MR) is 46.9 cm³/mol. The zero-order valence-electron chi connectivity index (χ0n) is 7.94. The molecule has 5 heteroatoms. The SMILES string of the molecule is COC(=O)C(N)c1nn(C)cc1C. The lowest BCUT2D eigenvalue weighted by molar-refractivity contribution is -0.142. The van der Waals surface area contributed by atoms with Crippen molar-refractivity contribution in [3.8, 4) is 0 Å². The van der Waals surface area contributed by atoms with Gasteiger partial charge in [0.15, 0.2) is 0 Å². The number of nitrogens with zero attached hydrogens (tertiary/aromatic N) is 2. The van der Waals surface area contributed by atoms with Crippen LogP contribution in [0.15, 0.2) is 6.20 Å². The smallest absolute Gasteiger partial charge is 0.329 e. The Labute approximate surface area is 76.5 Å². The van der Waals surface area contributed by atoms with Gasteiger partial charge < -0.3 is 10.5 Å². The van der Waals surface area contributed by atoms with Crippen molar-refractivity contribution >= 4 is 5.97 Å². The van der Waals surface area contributed by atoms with Gasteiger partial charge in [-0.2, -0.15) is 5.10 Å². The number of hydrogen-bond donors (Lipinski definition) is 1. The molecule has 0 aliphatic heterocycles. The molecular weight excluding hydrogens is 170 g/mol. The molecular formula is C8H13N3O2. The standard InChI is InChI=1S/C8H13N3O2/c1-5-4-11(2)10-7(5)6(9)8(12)13-3/h4,6H,9H2,1-3H3. The first-order chi connectivity index (χ1) is 6.06. The monoisotopic (exact) mass is 183 g/mol. The van der Waals surface area contributed by atoms with E-state index in [1.54, 1.807) is 17.9 Å². The fraction of sp³-hybridized carbons (Fsp3) is 0.500. The molecule has 1 aromatic rings. The average Bonchev–Trinajstić information content (AvgIpc) is 2.42. The van der Waals surface area contributed by atoms with Crippen LogP contribution >= 0.6 is 0 Å². The van der Waals surface area contributed by atoms with Crippen molar-refractivity contribution in [2.45, 2.75) is 13.0 Å². The maximum atomic E-state index is 11.1. The molecule has 0 amide bonds. The van der Waals surface area contributed by atoms with Gasteiger partial charge in [-0.1, -0.05) is 0 Å². The number of nitrogens with two attached hydrogens (primary N) is 1. The van der Waals surface area contributed by atoms with Crippen LogP contribution in [0.25, 0.3) is 0 Å². The van der Waals surface area contributed by atoms with Crippen LogP contribution in [0, 0.1) is 6.92 Å². The second-order valence-electron chi connectivity index (χ2n) is 2.87. The largest absolute Gasteiger partial charge is 0.468 e. The highest BCUT2D eigenvalue weighted by Gasteiger charge is 2.20. The highest BCUT2D eigenvalue weighted by Crippen LogP contribution is 2.13. The minimum Gasteiger partial charge on any atom is -0.468 e. The maximum absolute atomic E-state index is 11.1. The molecule has 1 aromatic heterocycles. The van der Waals surface area contributed by atoms with Gasteiger partial charge in [0.1, 0.15) is 6.04 Å². The summed E-state index contributed by atoms with van der Waals surface area (Å²) in [7, 11) is 3.08. The highest BCUT2D eigenvalue weighted by atomic mass is 16.5. The number of aryl methyl sites for hydroxylation is 2. The first kappa shape index (κ1) is 9.73. The van der Waals surface area contributed by atoms with E-state index in [4.69, 9.17) is 5.73 Å². The fourth-order valence-corrected chi connectivity index (χ4v) is 1.17. The molecule has 0 radical (unpaired) electrons. The number of carbonyl (C=O) groups excluding carboxylic acids is 1. The lowest BCUT2D eigenvalue weighted by Crippen LogP contribution is -2.23. The van der Waals surface area contributed by atoms with Crippen LogP contribution in [0.2, 0.25) is 0 Å². The van der Waals surface area contributed by atoms with Gasteiger partial charge >= 0.3 is 5.97 Å². The summed E-state index contributed by atoms with van der Waals surface area (Å²) < 4.78 is 6.14. The topological polar surface area (TPSA) is 70.1 Å². The molecule has 0 aromatic carbocycles. The number of methoxy groups -OCH3 is 1. The van der Waals surface area contributed by atoms with Crippen LogP contribution in [0.4, 0.5) is 0 Å². The van der Waals surface area contributed by atoms with Gasteiger partial charge in [0.2, 0.25) is 0 Å². The second-order valence-corrected chi connectivity index (χ2v) is 2.87. The summed E-state index contributed by atoms with van der Waals surface area (Å²) in [6.45, 7) is 1.85. The number of rotatable bonds is 2. The van der Waals surface area contributed by atoms with Crippen molar-refractivity contribution in [3.05, 3.63) is 17.5 Å². The van der Waals surface area contributed by atoms with Crippen molar-refractivity contribution in [3.63, 3.8) is 0 Å². The molecule has 1 unspecified atom stereocenters. The number of carbonyl (C=O) groups is 1. The Balaban J connectivity index is 2.94.